The van der Waals surface area contributed by atoms with E-state index in [-0.39, 0.29) is 42.2 Å². The number of benzene rings is 2. The molecule has 0 bridgehead atoms. The first kappa shape index (κ1) is 25.6. The number of hydrogen-bond acceptors (Lipinski definition) is 3. The smallest absolute Gasteiger partial charge is 0.387 e. The lowest BCUT2D eigenvalue weighted by Gasteiger charge is -2.22. The lowest BCUT2D eigenvalue weighted by Crippen LogP contribution is -2.44. The number of alkyl halides is 2. The lowest BCUT2D eigenvalue weighted by atomic mass is 10.1. The van der Waals surface area contributed by atoms with Crippen molar-refractivity contribution in [2.75, 3.05) is 27.2 Å². The quantitative estimate of drug-likeness (QED) is 0.296. The molecule has 2 aromatic carbocycles. The molecule has 0 unspecified atom stereocenters. The number of amides is 1. The van der Waals surface area contributed by atoms with Crippen LogP contribution < -0.4 is 15.4 Å². The van der Waals surface area contributed by atoms with Gasteiger partial charge in [0.1, 0.15) is 5.75 Å². The highest BCUT2D eigenvalue weighted by Crippen LogP contribution is 2.15. The van der Waals surface area contributed by atoms with E-state index in [1.165, 1.54) is 17.7 Å². The van der Waals surface area contributed by atoms with Crippen molar-refractivity contribution in [3.8, 4) is 5.75 Å². The Hall–Kier alpha value is -2.43. The van der Waals surface area contributed by atoms with Crippen molar-refractivity contribution in [3.63, 3.8) is 0 Å². The number of rotatable bonds is 9. The first-order valence-corrected chi connectivity index (χ1v) is 9.24. The van der Waals surface area contributed by atoms with Crippen LogP contribution in [0.2, 0.25) is 0 Å². The molecule has 2 N–H and O–H groups in total. The molecule has 30 heavy (non-hydrogen) atoms. The predicted octanol–water partition coefficient (Wildman–Crippen LogP) is 3.27. The molecule has 0 heterocycles. The minimum absolute atomic E-state index is 0. The normalized spacial score (nSPS) is 10.9. The van der Waals surface area contributed by atoms with E-state index < -0.39 is 6.61 Å². The molecule has 0 atom stereocenters. The fraction of sp³-hybridized carbons (Fsp3) is 0.333. The van der Waals surface area contributed by atoms with E-state index in [0.717, 1.165) is 12.0 Å². The Morgan fingerprint density at radius 3 is 2.33 bits per heavy atom. The van der Waals surface area contributed by atoms with E-state index in [9.17, 15) is 13.6 Å². The van der Waals surface area contributed by atoms with Crippen LogP contribution in [0.15, 0.2) is 59.6 Å². The summed E-state index contributed by atoms with van der Waals surface area (Å²) < 4.78 is 28.8. The largest absolute Gasteiger partial charge is 0.435 e. The summed E-state index contributed by atoms with van der Waals surface area (Å²) in [5, 5.41) is 5.89. The lowest BCUT2D eigenvalue weighted by molar-refractivity contribution is -0.120. The third-order valence-corrected chi connectivity index (χ3v) is 4.13. The van der Waals surface area contributed by atoms with E-state index in [1.807, 2.05) is 42.3 Å². The first-order chi connectivity index (χ1) is 14.0. The van der Waals surface area contributed by atoms with Crippen molar-refractivity contribution in [1.29, 1.82) is 0 Å². The number of nitrogens with one attached hydrogen (secondary N) is 2. The summed E-state index contributed by atoms with van der Waals surface area (Å²) in [6.45, 7) is -1.69. The van der Waals surface area contributed by atoms with Crippen molar-refractivity contribution in [1.82, 2.24) is 15.5 Å². The Kier molecular flexibility index (Phi) is 11.7. The Balaban J connectivity index is 0.00000450. The maximum absolute atomic E-state index is 12.2. The Bertz CT molecular complexity index is 789. The molecule has 2 aromatic rings. The third kappa shape index (κ3) is 9.38. The molecule has 0 radical (unpaired) electrons. The minimum atomic E-state index is -2.84. The average Bonchev–Trinajstić information content (AvgIpc) is 2.70. The van der Waals surface area contributed by atoms with Gasteiger partial charge < -0.3 is 20.3 Å². The summed E-state index contributed by atoms with van der Waals surface area (Å²) in [5.41, 5.74) is 2.06. The van der Waals surface area contributed by atoms with E-state index >= 15 is 0 Å². The standard InChI is InChI=1S/C21H26F2N4O2.HI/c1-24-21(26-14-19(28)25-13-12-16-6-4-3-5-7-16)27(2)15-17-8-10-18(11-9-17)29-20(22)23;/h3-11,20H,12-15H2,1-2H3,(H,24,26)(H,25,28);1H. The van der Waals surface area contributed by atoms with Crippen LogP contribution >= 0.6 is 24.0 Å². The number of guanidine groups is 1. The molecule has 6 nitrogen and oxygen atoms in total. The van der Waals surface area contributed by atoms with Gasteiger partial charge in [0.25, 0.3) is 0 Å². The molecule has 2 rings (SSSR count). The van der Waals surface area contributed by atoms with Gasteiger partial charge in [-0.25, -0.2) is 0 Å². The van der Waals surface area contributed by atoms with Gasteiger partial charge in [-0.15, -0.1) is 24.0 Å². The Morgan fingerprint density at radius 1 is 1.07 bits per heavy atom. The van der Waals surface area contributed by atoms with Crippen LogP contribution in [0.1, 0.15) is 11.1 Å². The monoisotopic (exact) mass is 532 g/mol. The van der Waals surface area contributed by atoms with Gasteiger partial charge in [-0.05, 0) is 29.7 Å². The molecule has 0 spiro atoms. The van der Waals surface area contributed by atoms with E-state index in [1.54, 1.807) is 19.2 Å². The maximum Gasteiger partial charge on any atom is 0.387 e. The van der Waals surface area contributed by atoms with Crippen molar-refractivity contribution in [2.45, 2.75) is 19.6 Å². The highest BCUT2D eigenvalue weighted by molar-refractivity contribution is 14.0. The molecule has 0 aliphatic carbocycles. The summed E-state index contributed by atoms with van der Waals surface area (Å²) >= 11 is 0. The fourth-order valence-corrected chi connectivity index (χ4v) is 2.72. The molecule has 164 valence electrons. The molecular weight excluding hydrogens is 505 g/mol. The number of carbonyl (C=O) groups is 1. The van der Waals surface area contributed by atoms with Gasteiger partial charge in [-0.3, -0.25) is 9.79 Å². The molecule has 0 aliphatic rings. The minimum Gasteiger partial charge on any atom is -0.435 e. The highest BCUT2D eigenvalue weighted by atomic mass is 127. The topological polar surface area (TPSA) is 66.0 Å². The van der Waals surface area contributed by atoms with Crippen molar-refractivity contribution >= 4 is 35.8 Å². The summed E-state index contributed by atoms with van der Waals surface area (Å²) in [7, 11) is 3.46. The number of aliphatic imine (C=N–C) groups is 1. The Morgan fingerprint density at radius 2 is 1.73 bits per heavy atom. The molecule has 0 saturated carbocycles. The highest BCUT2D eigenvalue weighted by Gasteiger charge is 2.10. The fourth-order valence-electron chi connectivity index (χ4n) is 2.72. The zero-order chi connectivity index (χ0) is 21.1. The number of halogens is 3. The average molecular weight is 532 g/mol. The molecule has 9 heteroatoms. The predicted molar refractivity (Wildman–Crippen MR) is 124 cm³/mol. The summed E-state index contributed by atoms with van der Waals surface area (Å²) in [6, 6.07) is 16.3. The van der Waals surface area contributed by atoms with Crippen molar-refractivity contribution in [2.24, 2.45) is 4.99 Å². The van der Waals surface area contributed by atoms with Crippen LogP contribution in [0.25, 0.3) is 0 Å². The van der Waals surface area contributed by atoms with Crippen LogP contribution in [0, 0.1) is 0 Å². The maximum atomic E-state index is 12.2. The number of nitrogens with zero attached hydrogens (tertiary/aromatic N) is 2. The van der Waals surface area contributed by atoms with Crippen LogP contribution in [0.3, 0.4) is 0 Å². The van der Waals surface area contributed by atoms with Crippen molar-refractivity contribution in [3.05, 3.63) is 65.7 Å². The summed E-state index contributed by atoms with van der Waals surface area (Å²) in [4.78, 5) is 18.0. The first-order valence-electron chi connectivity index (χ1n) is 9.24. The van der Waals surface area contributed by atoms with Crippen LogP contribution in [0.4, 0.5) is 8.78 Å². The van der Waals surface area contributed by atoms with Gasteiger partial charge in [0.15, 0.2) is 5.96 Å². The zero-order valence-corrected chi connectivity index (χ0v) is 19.3. The third-order valence-electron chi connectivity index (χ3n) is 4.13. The van der Waals surface area contributed by atoms with Crippen molar-refractivity contribution < 1.29 is 18.3 Å². The molecule has 1 amide bonds. The number of hydrogen-bond donors (Lipinski definition) is 2. The van der Waals surface area contributed by atoms with Crippen LogP contribution in [-0.4, -0.2) is 50.6 Å². The molecule has 0 aromatic heterocycles. The van der Waals surface area contributed by atoms with Gasteiger partial charge in [0, 0.05) is 27.2 Å². The molecular formula is C21H27F2IN4O2. The molecule has 0 fully saturated rings. The second-order valence-corrected chi connectivity index (χ2v) is 6.36. The van der Waals surface area contributed by atoms with Gasteiger partial charge in [0.2, 0.25) is 5.91 Å². The van der Waals surface area contributed by atoms with Gasteiger partial charge in [-0.2, -0.15) is 8.78 Å². The van der Waals surface area contributed by atoms with E-state index in [4.69, 9.17) is 0 Å². The van der Waals surface area contributed by atoms with Gasteiger partial charge in [0.05, 0.1) is 6.54 Å². The second kappa shape index (κ2) is 13.7. The van der Waals surface area contributed by atoms with Crippen LogP contribution in [-0.2, 0) is 17.8 Å². The summed E-state index contributed by atoms with van der Waals surface area (Å²) in [6.07, 6.45) is 0.770. The molecule has 0 aliphatic heterocycles. The van der Waals surface area contributed by atoms with Gasteiger partial charge >= 0.3 is 6.61 Å². The SMILES string of the molecule is CN=C(NCC(=O)NCCc1ccccc1)N(C)Cc1ccc(OC(F)F)cc1.I. The van der Waals surface area contributed by atoms with Gasteiger partial charge in [-0.1, -0.05) is 42.5 Å². The summed E-state index contributed by atoms with van der Waals surface area (Å²) in [5.74, 6) is 0.543. The number of carbonyl (C=O) groups excluding carboxylic acids is 1. The van der Waals surface area contributed by atoms with Crippen LogP contribution in [0.5, 0.6) is 5.75 Å². The number of ether oxygens (including phenoxy) is 1. The Labute approximate surface area is 192 Å². The molecule has 0 saturated heterocycles. The van der Waals surface area contributed by atoms with E-state index in [2.05, 4.69) is 20.4 Å². The zero-order valence-electron chi connectivity index (χ0n) is 17.0. The van der Waals surface area contributed by atoms with E-state index in [0.29, 0.717) is 19.0 Å². The second-order valence-electron chi connectivity index (χ2n) is 6.36.